The number of hydrogen-bond acceptors (Lipinski definition) is 6. The van der Waals surface area contributed by atoms with Gasteiger partial charge in [-0.05, 0) is 47.7 Å². The van der Waals surface area contributed by atoms with Crippen molar-refractivity contribution in [3.8, 4) is 11.5 Å². The SMILES string of the molecule is COc1cc(/C=C2\SC(=O)NC2=O)ccc1OCc1cc2ccccc2nc1Cl. The number of nitrogens with zero attached hydrogens (tertiary/aromatic N) is 1. The quantitative estimate of drug-likeness (QED) is 0.466. The van der Waals surface area contributed by atoms with E-state index in [4.69, 9.17) is 21.1 Å². The molecule has 29 heavy (non-hydrogen) atoms. The van der Waals surface area contributed by atoms with Crippen LogP contribution in [0, 0.1) is 0 Å². The Hall–Kier alpha value is -3.03. The number of benzene rings is 2. The van der Waals surface area contributed by atoms with Crippen LogP contribution in [0.25, 0.3) is 17.0 Å². The summed E-state index contributed by atoms with van der Waals surface area (Å²) in [5.74, 6) is 0.621. The second-order valence-electron chi connectivity index (χ2n) is 6.18. The maximum atomic E-state index is 11.7. The fourth-order valence-corrected chi connectivity index (χ4v) is 3.74. The summed E-state index contributed by atoms with van der Waals surface area (Å²) in [5.41, 5.74) is 2.30. The van der Waals surface area contributed by atoms with Crippen LogP contribution < -0.4 is 14.8 Å². The van der Waals surface area contributed by atoms with E-state index in [1.807, 2.05) is 30.3 Å². The van der Waals surface area contributed by atoms with E-state index >= 15 is 0 Å². The first-order valence-corrected chi connectivity index (χ1v) is 9.83. The third-order valence-corrected chi connectivity index (χ3v) is 5.40. The Labute approximate surface area is 175 Å². The maximum absolute atomic E-state index is 11.7. The molecule has 1 fully saturated rings. The minimum absolute atomic E-state index is 0.222. The molecule has 2 heterocycles. The molecule has 1 aliphatic rings. The number of carbonyl (C=O) groups is 2. The summed E-state index contributed by atoms with van der Waals surface area (Å²) in [4.78, 5) is 27.7. The van der Waals surface area contributed by atoms with Crippen LogP contribution >= 0.6 is 23.4 Å². The number of nitrogens with one attached hydrogen (secondary N) is 1. The topological polar surface area (TPSA) is 77.5 Å². The lowest BCUT2D eigenvalue weighted by Crippen LogP contribution is -2.17. The second-order valence-corrected chi connectivity index (χ2v) is 7.55. The monoisotopic (exact) mass is 426 g/mol. The van der Waals surface area contributed by atoms with Crippen molar-refractivity contribution in [3.05, 3.63) is 69.7 Å². The van der Waals surface area contributed by atoms with Crippen LogP contribution in [-0.4, -0.2) is 23.2 Å². The molecule has 2 amide bonds. The number of ether oxygens (including phenoxy) is 2. The maximum Gasteiger partial charge on any atom is 0.290 e. The van der Waals surface area contributed by atoms with Gasteiger partial charge in [0.1, 0.15) is 11.8 Å². The predicted molar refractivity (Wildman–Crippen MR) is 113 cm³/mol. The number of pyridine rings is 1. The molecule has 146 valence electrons. The lowest BCUT2D eigenvalue weighted by atomic mass is 10.1. The number of fused-ring (bicyclic) bond motifs is 1. The Balaban J connectivity index is 1.55. The van der Waals surface area contributed by atoms with E-state index in [1.165, 1.54) is 7.11 Å². The number of methoxy groups -OCH3 is 1. The van der Waals surface area contributed by atoms with Gasteiger partial charge < -0.3 is 9.47 Å². The Morgan fingerprint density at radius 1 is 1.14 bits per heavy atom. The number of amides is 2. The van der Waals surface area contributed by atoms with Crippen molar-refractivity contribution in [3.63, 3.8) is 0 Å². The van der Waals surface area contributed by atoms with E-state index in [0.717, 1.165) is 28.2 Å². The number of halogens is 1. The van der Waals surface area contributed by atoms with E-state index in [1.54, 1.807) is 24.3 Å². The Morgan fingerprint density at radius 3 is 2.72 bits per heavy atom. The highest BCUT2D eigenvalue weighted by molar-refractivity contribution is 8.18. The van der Waals surface area contributed by atoms with Crippen LogP contribution in [0.5, 0.6) is 11.5 Å². The molecule has 4 rings (SSSR count). The minimum atomic E-state index is -0.405. The van der Waals surface area contributed by atoms with E-state index < -0.39 is 5.91 Å². The third kappa shape index (κ3) is 4.21. The molecular formula is C21H15ClN2O4S. The number of imide groups is 1. The number of carbonyl (C=O) groups excluding carboxylic acids is 2. The zero-order chi connectivity index (χ0) is 20.4. The standard InChI is InChI=1S/C21H15ClN2O4S/c1-27-17-8-12(9-18-20(25)24-21(26)29-18)6-7-16(17)28-11-14-10-13-4-2-3-5-15(13)23-19(14)22/h2-10H,11H2,1H3,(H,24,25,26)/b18-9-. The van der Waals surface area contributed by atoms with Crippen LogP contribution in [0.1, 0.15) is 11.1 Å². The second kappa shape index (κ2) is 8.14. The van der Waals surface area contributed by atoms with Gasteiger partial charge in [0.05, 0.1) is 17.5 Å². The van der Waals surface area contributed by atoms with Crippen molar-refractivity contribution in [1.82, 2.24) is 10.3 Å². The molecule has 8 heteroatoms. The van der Waals surface area contributed by atoms with Crippen LogP contribution in [0.3, 0.4) is 0 Å². The van der Waals surface area contributed by atoms with Gasteiger partial charge in [-0.3, -0.25) is 14.9 Å². The summed E-state index contributed by atoms with van der Waals surface area (Å²) >= 11 is 7.16. The average molecular weight is 427 g/mol. The molecule has 0 bridgehead atoms. The van der Waals surface area contributed by atoms with Crippen molar-refractivity contribution in [1.29, 1.82) is 0 Å². The Morgan fingerprint density at radius 2 is 1.97 bits per heavy atom. The van der Waals surface area contributed by atoms with Gasteiger partial charge in [0.2, 0.25) is 0 Å². The van der Waals surface area contributed by atoms with Crippen molar-refractivity contribution < 1.29 is 19.1 Å². The van der Waals surface area contributed by atoms with E-state index in [0.29, 0.717) is 27.1 Å². The zero-order valence-corrected chi connectivity index (χ0v) is 16.8. The average Bonchev–Trinajstić information content (AvgIpc) is 3.03. The molecule has 1 N–H and O–H groups in total. The number of hydrogen-bond donors (Lipinski definition) is 1. The third-order valence-electron chi connectivity index (χ3n) is 4.26. The largest absolute Gasteiger partial charge is 0.493 e. The highest BCUT2D eigenvalue weighted by atomic mass is 35.5. The zero-order valence-electron chi connectivity index (χ0n) is 15.3. The van der Waals surface area contributed by atoms with Gasteiger partial charge >= 0.3 is 0 Å². The van der Waals surface area contributed by atoms with Crippen molar-refractivity contribution >= 4 is 51.5 Å². The Kier molecular flexibility index (Phi) is 5.42. The van der Waals surface area contributed by atoms with Gasteiger partial charge in [0.15, 0.2) is 11.5 Å². The van der Waals surface area contributed by atoms with Gasteiger partial charge in [-0.1, -0.05) is 35.9 Å². The molecule has 6 nitrogen and oxygen atoms in total. The first-order valence-electron chi connectivity index (χ1n) is 8.63. The van der Waals surface area contributed by atoms with Crippen molar-refractivity contribution in [2.24, 2.45) is 0 Å². The number of rotatable bonds is 5. The summed E-state index contributed by atoms with van der Waals surface area (Å²) < 4.78 is 11.3. The van der Waals surface area contributed by atoms with Crippen molar-refractivity contribution in [2.75, 3.05) is 7.11 Å². The lowest BCUT2D eigenvalue weighted by molar-refractivity contribution is -0.115. The fourth-order valence-electron chi connectivity index (χ4n) is 2.86. The van der Waals surface area contributed by atoms with E-state index in [2.05, 4.69) is 10.3 Å². The van der Waals surface area contributed by atoms with Gasteiger partial charge in [0.25, 0.3) is 11.1 Å². The minimum Gasteiger partial charge on any atom is -0.493 e. The molecule has 0 aliphatic carbocycles. The molecule has 3 aromatic rings. The lowest BCUT2D eigenvalue weighted by Gasteiger charge is -2.12. The predicted octanol–water partition coefficient (Wildman–Crippen LogP) is 4.80. The molecule has 1 saturated heterocycles. The summed E-state index contributed by atoms with van der Waals surface area (Å²) in [5, 5.41) is 3.21. The molecule has 0 spiro atoms. The van der Waals surface area contributed by atoms with Crippen LogP contribution in [0.4, 0.5) is 4.79 Å². The number of thioether (sulfide) groups is 1. The van der Waals surface area contributed by atoms with Crippen molar-refractivity contribution in [2.45, 2.75) is 6.61 Å². The normalized spacial score (nSPS) is 15.0. The van der Waals surface area contributed by atoms with E-state index in [9.17, 15) is 9.59 Å². The Bertz CT molecular complexity index is 1160. The fraction of sp³-hybridized carbons (Fsp3) is 0.0952. The number of aromatic nitrogens is 1. The molecule has 1 aromatic heterocycles. The molecule has 2 aromatic carbocycles. The molecular weight excluding hydrogens is 412 g/mol. The van der Waals surface area contributed by atoms with Crippen LogP contribution in [-0.2, 0) is 11.4 Å². The molecule has 0 saturated carbocycles. The first-order chi connectivity index (χ1) is 14.0. The van der Waals surface area contributed by atoms with Gasteiger partial charge in [0, 0.05) is 10.9 Å². The smallest absolute Gasteiger partial charge is 0.290 e. The van der Waals surface area contributed by atoms with Gasteiger partial charge in [-0.15, -0.1) is 0 Å². The molecule has 0 unspecified atom stereocenters. The number of para-hydroxylation sites is 1. The summed E-state index contributed by atoms with van der Waals surface area (Å²) in [7, 11) is 1.53. The van der Waals surface area contributed by atoms with Gasteiger partial charge in [-0.2, -0.15) is 0 Å². The highest BCUT2D eigenvalue weighted by Crippen LogP contribution is 2.32. The summed E-state index contributed by atoms with van der Waals surface area (Å²) in [6.07, 6.45) is 1.63. The van der Waals surface area contributed by atoms with E-state index in [-0.39, 0.29) is 11.8 Å². The van der Waals surface area contributed by atoms with Gasteiger partial charge in [-0.25, -0.2) is 4.98 Å². The molecule has 0 atom stereocenters. The van der Waals surface area contributed by atoms with Crippen LogP contribution in [0.2, 0.25) is 5.15 Å². The summed E-state index contributed by atoms with van der Waals surface area (Å²) in [6.45, 7) is 0.222. The first kappa shape index (κ1) is 19.3. The summed E-state index contributed by atoms with van der Waals surface area (Å²) in [6, 6.07) is 14.9. The molecule has 0 radical (unpaired) electrons. The van der Waals surface area contributed by atoms with Crippen LogP contribution in [0.15, 0.2) is 53.4 Å². The highest BCUT2D eigenvalue weighted by Gasteiger charge is 2.25. The molecule has 1 aliphatic heterocycles.